The van der Waals surface area contributed by atoms with Crippen LogP contribution in [-0.4, -0.2) is 19.6 Å². The fraction of sp³-hybridized carbons (Fsp3) is 0.316. The zero-order chi connectivity index (χ0) is 15.9. The van der Waals surface area contributed by atoms with Gasteiger partial charge in [-0.1, -0.05) is 29.8 Å². The van der Waals surface area contributed by atoms with Crippen molar-refractivity contribution in [3.8, 4) is 5.75 Å². The van der Waals surface area contributed by atoms with E-state index < -0.39 is 0 Å². The van der Waals surface area contributed by atoms with Crippen molar-refractivity contribution in [2.45, 2.75) is 26.7 Å². The monoisotopic (exact) mass is 297 g/mol. The summed E-state index contributed by atoms with van der Waals surface area (Å²) in [5.74, 6) is 0.878. The van der Waals surface area contributed by atoms with E-state index in [0.29, 0.717) is 6.54 Å². The molecule has 3 heteroatoms. The first-order valence-corrected chi connectivity index (χ1v) is 7.58. The zero-order valence-corrected chi connectivity index (χ0v) is 13.5. The van der Waals surface area contributed by atoms with Crippen molar-refractivity contribution in [2.24, 2.45) is 0 Å². The molecule has 0 atom stereocenters. The highest BCUT2D eigenvalue weighted by Crippen LogP contribution is 2.14. The van der Waals surface area contributed by atoms with Gasteiger partial charge < -0.3 is 10.1 Å². The Balaban J connectivity index is 1.83. The van der Waals surface area contributed by atoms with Gasteiger partial charge in [0.05, 0.1) is 7.11 Å². The summed E-state index contributed by atoms with van der Waals surface area (Å²) in [7, 11) is 1.67. The number of hydrogen-bond acceptors (Lipinski definition) is 2. The van der Waals surface area contributed by atoms with Crippen molar-refractivity contribution in [1.29, 1.82) is 0 Å². The van der Waals surface area contributed by atoms with Gasteiger partial charge in [-0.3, -0.25) is 4.79 Å². The van der Waals surface area contributed by atoms with Crippen LogP contribution in [0.3, 0.4) is 0 Å². The van der Waals surface area contributed by atoms with Gasteiger partial charge in [-0.25, -0.2) is 0 Å². The number of nitrogens with one attached hydrogen (secondary N) is 1. The van der Waals surface area contributed by atoms with E-state index in [1.807, 2.05) is 50.2 Å². The maximum atomic E-state index is 12.2. The number of carbonyl (C=O) groups is 1. The smallest absolute Gasteiger partial charge is 0.251 e. The maximum Gasteiger partial charge on any atom is 0.251 e. The summed E-state index contributed by atoms with van der Waals surface area (Å²) in [5.41, 5.74) is 4.10. The Morgan fingerprint density at radius 2 is 1.95 bits per heavy atom. The number of benzene rings is 2. The van der Waals surface area contributed by atoms with E-state index in [2.05, 4.69) is 11.4 Å². The molecular formula is C19H23NO2. The molecule has 0 aliphatic carbocycles. The Bertz CT molecular complexity index is 650. The number of aryl methyl sites for hydroxylation is 3. The molecule has 3 nitrogen and oxygen atoms in total. The average Bonchev–Trinajstić information content (AvgIpc) is 2.54. The third-order valence-electron chi connectivity index (χ3n) is 3.70. The fourth-order valence-electron chi connectivity index (χ4n) is 2.40. The van der Waals surface area contributed by atoms with Crippen molar-refractivity contribution in [2.75, 3.05) is 13.7 Å². The highest BCUT2D eigenvalue weighted by molar-refractivity contribution is 5.95. The lowest BCUT2D eigenvalue weighted by Crippen LogP contribution is -2.25. The summed E-state index contributed by atoms with van der Waals surface area (Å²) in [6, 6.07) is 14.0. The molecule has 1 N–H and O–H groups in total. The highest BCUT2D eigenvalue weighted by atomic mass is 16.5. The van der Waals surface area contributed by atoms with Gasteiger partial charge >= 0.3 is 0 Å². The molecular weight excluding hydrogens is 274 g/mol. The second kappa shape index (κ2) is 7.64. The molecule has 0 aliphatic rings. The van der Waals surface area contributed by atoms with Crippen LogP contribution in [0.1, 0.15) is 33.5 Å². The van der Waals surface area contributed by atoms with Crippen LogP contribution in [0, 0.1) is 13.8 Å². The zero-order valence-electron chi connectivity index (χ0n) is 13.5. The lowest BCUT2D eigenvalue weighted by atomic mass is 10.0. The Kier molecular flexibility index (Phi) is 5.59. The van der Waals surface area contributed by atoms with Crippen LogP contribution in [0.15, 0.2) is 42.5 Å². The lowest BCUT2D eigenvalue weighted by Gasteiger charge is -2.09. The van der Waals surface area contributed by atoms with E-state index in [9.17, 15) is 4.79 Å². The van der Waals surface area contributed by atoms with Crippen LogP contribution in [0.25, 0.3) is 0 Å². The Labute approximate surface area is 132 Å². The van der Waals surface area contributed by atoms with Gasteiger partial charge in [-0.2, -0.15) is 0 Å². The van der Waals surface area contributed by atoms with Crippen LogP contribution in [0.5, 0.6) is 5.75 Å². The third-order valence-corrected chi connectivity index (χ3v) is 3.70. The van der Waals surface area contributed by atoms with Crippen molar-refractivity contribution in [3.63, 3.8) is 0 Å². The topological polar surface area (TPSA) is 38.3 Å². The molecule has 0 bridgehead atoms. The van der Waals surface area contributed by atoms with Gasteiger partial charge in [0, 0.05) is 12.1 Å². The SMILES string of the molecule is COc1cccc(CCCNC(=O)c2cc(C)ccc2C)c1. The number of ether oxygens (including phenoxy) is 1. The van der Waals surface area contributed by atoms with Gasteiger partial charge in [0.1, 0.15) is 5.75 Å². The Hall–Kier alpha value is -2.29. The van der Waals surface area contributed by atoms with Gasteiger partial charge in [0.25, 0.3) is 5.91 Å². The number of rotatable bonds is 6. The molecule has 0 spiro atoms. The second-order valence-corrected chi connectivity index (χ2v) is 5.53. The molecule has 0 radical (unpaired) electrons. The average molecular weight is 297 g/mol. The molecule has 2 rings (SSSR count). The largest absolute Gasteiger partial charge is 0.497 e. The van der Waals surface area contributed by atoms with E-state index in [0.717, 1.165) is 35.3 Å². The third kappa shape index (κ3) is 4.35. The minimum absolute atomic E-state index is 0.00634. The molecule has 22 heavy (non-hydrogen) atoms. The molecule has 0 unspecified atom stereocenters. The minimum Gasteiger partial charge on any atom is -0.497 e. The first-order chi connectivity index (χ1) is 10.6. The van der Waals surface area contributed by atoms with Crippen LogP contribution >= 0.6 is 0 Å². The predicted molar refractivity (Wildman–Crippen MR) is 89.6 cm³/mol. The normalized spacial score (nSPS) is 10.3. The number of carbonyl (C=O) groups excluding carboxylic acids is 1. The molecule has 0 saturated heterocycles. The summed E-state index contributed by atoms with van der Waals surface area (Å²) in [6.45, 7) is 4.63. The molecule has 0 saturated carbocycles. The van der Waals surface area contributed by atoms with Crippen LogP contribution < -0.4 is 10.1 Å². The van der Waals surface area contributed by atoms with Crippen LogP contribution in [0.4, 0.5) is 0 Å². The van der Waals surface area contributed by atoms with E-state index >= 15 is 0 Å². The quantitative estimate of drug-likeness (QED) is 0.826. The molecule has 0 heterocycles. The molecule has 116 valence electrons. The Morgan fingerprint density at radius 1 is 1.14 bits per heavy atom. The van der Waals surface area contributed by atoms with Crippen molar-refractivity contribution in [1.82, 2.24) is 5.32 Å². The minimum atomic E-state index is 0.00634. The highest BCUT2D eigenvalue weighted by Gasteiger charge is 2.08. The molecule has 2 aromatic rings. The summed E-state index contributed by atoms with van der Waals surface area (Å²) >= 11 is 0. The summed E-state index contributed by atoms with van der Waals surface area (Å²) < 4.78 is 5.21. The summed E-state index contributed by atoms with van der Waals surface area (Å²) in [6.07, 6.45) is 1.83. The predicted octanol–water partition coefficient (Wildman–Crippen LogP) is 3.67. The van der Waals surface area contributed by atoms with Crippen LogP contribution in [-0.2, 0) is 6.42 Å². The molecule has 0 aliphatic heterocycles. The van der Waals surface area contributed by atoms with Gasteiger partial charge in [0.15, 0.2) is 0 Å². The number of methoxy groups -OCH3 is 1. The maximum absolute atomic E-state index is 12.2. The molecule has 1 amide bonds. The lowest BCUT2D eigenvalue weighted by molar-refractivity contribution is 0.0952. The summed E-state index contributed by atoms with van der Waals surface area (Å²) in [5, 5.41) is 3.00. The van der Waals surface area contributed by atoms with Gasteiger partial charge in [-0.15, -0.1) is 0 Å². The standard InChI is InChI=1S/C19H23NO2/c1-14-9-10-15(2)18(12-14)19(21)20-11-5-7-16-6-4-8-17(13-16)22-3/h4,6,8-10,12-13H,5,7,11H2,1-3H3,(H,20,21). The van der Waals surface area contributed by atoms with Crippen molar-refractivity contribution < 1.29 is 9.53 Å². The van der Waals surface area contributed by atoms with E-state index in [4.69, 9.17) is 4.74 Å². The van der Waals surface area contributed by atoms with E-state index in [-0.39, 0.29) is 5.91 Å². The summed E-state index contributed by atoms with van der Waals surface area (Å²) in [4.78, 5) is 12.2. The van der Waals surface area contributed by atoms with Crippen molar-refractivity contribution in [3.05, 3.63) is 64.7 Å². The molecule has 0 fully saturated rings. The van der Waals surface area contributed by atoms with E-state index in [1.165, 1.54) is 5.56 Å². The Morgan fingerprint density at radius 3 is 2.73 bits per heavy atom. The van der Waals surface area contributed by atoms with Crippen LogP contribution in [0.2, 0.25) is 0 Å². The fourth-order valence-corrected chi connectivity index (χ4v) is 2.40. The van der Waals surface area contributed by atoms with Gasteiger partial charge in [-0.05, 0) is 56.0 Å². The van der Waals surface area contributed by atoms with Crippen molar-refractivity contribution >= 4 is 5.91 Å². The first-order valence-electron chi connectivity index (χ1n) is 7.58. The number of hydrogen-bond donors (Lipinski definition) is 1. The van der Waals surface area contributed by atoms with E-state index in [1.54, 1.807) is 7.11 Å². The number of amides is 1. The molecule has 2 aromatic carbocycles. The van der Waals surface area contributed by atoms with Gasteiger partial charge in [0.2, 0.25) is 0 Å². The molecule has 0 aromatic heterocycles. The first kappa shape index (κ1) is 16.1. The second-order valence-electron chi connectivity index (χ2n) is 5.53.